The molecule has 3 heteroatoms. The first-order chi connectivity index (χ1) is 14.9. The molecule has 1 aliphatic heterocycles. The van der Waals surface area contributed by atoms with E-state index in [1.165, 1.54) is 32.1 Å². The Morgan fingerprint density at radius 2 is 1.84 bits per heavy atom. The SMILES string of the molecule is C=C([O-])C(C)CCCC(C)(O)CCCC(C)CCCC1(C)CCC2=CCC(C)C(C)C2O1. The van der Waals surface area contributed by atoms with Crippen LogP contribution in [0.3, 0.4) is 0 Å². The van der Waals surface area contributed by atoms with Crippen LogP contribution in [0.15, 0.2) is 24.0 Å². The summed E-state index contributed by atoms with van der Waals surface area (Å²) in [7, 11) is 0. The van der Waals surface area contributed by atoms with E-state index in [1.807, 2.05) is 13.8 Å². The van der Waals surface area contributed by atoms with Gasteiger partial charge in [-0.1, -0.05) is 65.9 Å². The van der Waals surface area contributed by atoms with Crippen molar-refractivity contribution in [1.82, 2.24) is 0 Å². The van der Waals surface area contributed by atoms with Crippen molar-refractivity contribution in [3.05, 3.63) is 24.0 Å². The van der Waals surface area contributed by atoms with E-state index < -0.39 is 5.60 Å². The lowest BCUT2D eigenvalue weighted by Gasteiger charge is -2.46. The van der Waals surface area contributed by atoms with Crippen molar-refractivity contribution >= 4 is 0 Å². The third kappa shape index (κ3) is 8.52. The molecule has 1 saturated heterocycles. The summed E-state index contributed by atoms with van der Waals surface area (Å²) in [4.78, 5) is 0. The fourth-order valence-electron chi connectivity index (χ4n) is 5.56. The predicted octanol–water partition coefficient (Wildman–Crippen LogP) is 6.93. The number of aliphatic hydroxyl groups is 1. The van der Waals surface area contributed by atoms with E-state index in [0.29, 0.717) is 17.9 Å². The molecule has 0 aromatic heterocycles. The second-order valence-electron chi connectivity index (χ2n) is 12.0. The van der Waals surface area contributed by atoms with Gasteiger partial charge in [-0.2, -0.15) is 0 Å². The van der Waals surface area contributed by atoms with Gasteiger partial charge in [0, 0.05) is 0 Å². The fraction of sp³-hybridized carbons (Fsp3) is 0.862. The van der Waals surface area contributed by atoms with Crippen LogP contribution in [0, 0.1) is 23.7 Å². The topological polar surface area (TPSA) is 52.5 Å². The van der Waals surface area contributed by atoms with E-state index in [0.717, 1.165) is 50.9 Å². The van der Waals surface area contributed by atoms with Crippen LogP contribution >= 0.6 is 0 Å². The number of fused-ring (bicyclic) bond motifs is 1. The van der Waals surface area contributed by atoms with Crippen LogP contribution in [0.4, 0.5) is 0 Å². The summed E-state index contributed by atoms with van der Waals surface area (Å²) < 4.78 is 6.71. The van der Waals surface area contributed by atoms with E-state index >= 15 is 0 Å². The van der Waals surface area contributed by atoms with Crippen molar-refractivity contribution in [1.29, 1.82) is 0 Å². The van der Waals surface area contributed by atoms with Crippen LogP contribution in [0.2, 0.25) is 0 Å². The molecule has 1 N–H and O–H groups in total. The minimum absolute atomic E-state index is 0.00525. The van der Waals surface area contributed by atoms with Gasteiger partial charge in [0.2, 0.25) is 0 Å². The number of hydrogen-bond donors (Lipinski definition) is 1. The van der Waals surface area contributed by atoms with Crippen molar-refractivity contribution in [2.45, 2.75) is 136 Å². The Bertz CT molecular complexity index is 622. The molecule has 3 nitrogen and oxygen atoms in total. The number of hydrogen-bond acceptors (Lipinski definition) is 3. The molecule has 0 saturated carbocycles. The highest BCUT2D eigenvalue weighted by atomic mass is 16.5. The fourth-order valence-corrected chi connectivity index (χ4v) is 5.56. The number of ether oxygens (including phenoxy) is 1. The summed E-state index contributed by atoms with van der Waals surface area (Å²) in [6.45, 7) is 16.8. The van der Waals surface area contributed by atoms with E-state index in [1.54, 1.807) is 5.57 Å². The first-order valence-electron chi connectivity index (χ1n) is 13.4. The third-order valence-corrected chi connectivity index (χ3v) is 8.56. The Hall–Kier alpha value is -0.800. The van der Waals surface area contributed by atoms with Crippen molar-refractivity contribution < 1.29 is 14.9 Å². The maximum atomic E-state index is 11.3. The standard InChI is InChI=1S/C29H52O3/c1-21(11-8-17-28(6,31)18-10-13-23(3)25(5)30)12-9-19-29(7)20-16-26-15-14-22(2)24(4)27(26)32-29/h15,21-24,27,30-31H,5,8-14,16-20H2,1-4,6-7H3/p-1. The van der Waals surface area contributed by atoms with Gasteiger partial charge in [-0.15, -0.1) is 12.3 Å². The molecule has 1 fully saturated rings. The minimum Gasteiger partial charge on any atom is -0.876 e. The van der Waals surface area contributed by atoms with Gasteiger partial charge in [-0.3, -0.25) is 0 Å². The largest absolute Gasteiger partial charge is 0.876 e. The Balaban J connectivity index is 1.64. The predicted molar refractivity (Wildman–Crippen MR) is 133 cm³/mol. The van der Waals surface area contributed by atoms with Crippen LogP contribution in [-0.4, -0.2) is 22.4 Å². The molecule has 0 radical (unpaired) electrons. The van der Waals surface area contributed by atoms with Gasteiger partial charge in [0.15, 0.2) is 0 Å². The Kier molecular flexibility index (Phi) is 10.3. The Morgan fingerprint density at radius 3 is 2.50 bits per heavy atom. The van der Waals surface area contributed by atoms with Crippen LogP contribution in [0.25, 0.3) is 0 Å². The Morgan fingerprint density at radius 1 is 1.22 bits per heavy atom. The number of rotatable bonds is 13. The monoisotopic (exact) mass is 447 g/mol. The summed E-state index contributed by atoms with van der Waals surface area (Å²) in [6, 6.07) is 0. The molecule has 2 aliphatic rings. The number of allylic oxidation sites excluding steroid dienone is 2. The average molecular weight is 448 g/mol. The Labute approximate surface area is 198 Å². The lowest BCUT2D eigenvalue weighted by molar-refractivity contribution is -0.313. The molecule has 2 rings (SSSR count). The first-order valence-corrected chi connectivity index (χ1v) is 13.4. The first kappa shape index (κ1) is 27.4. The molecule has 7 atom stereocenters. The molecule has 0 bridgehead atoms. The molecule has 0 aromatic carbocycles. The summed E-state index contributed by atoms with van der Waals surface area (Å²) in [5, 5.41) is 21.9. The van der Waals surface area contributed by atoms with Crippen molar-refractivity contribution in [2.75, 3.05) is 0 Å². The smallest absolute Gasteiger partial charge is 0.0820 e. The van der Waals surface area contributed by atoms with Gasteiger partial charge in [0.1, 0.15) is 0 Å². The van der Waals surface area contributed by atoms with Gasteiger partial charge in [-0.05, 0) is 88.0 Å². The summed E-state index contributed by atoms with van der Waals surface area (Å²) in [5.41, 5.74) is 0.968. The van der Waals surface area contributed by atoms with Crippen LogP contribution in [-0.2, 0) is 4.74 Å². The van der Waals surface area contributed by atoms with Gasteiger partial charge in [-0.25, -0.2) is 0 Å². The highest BCUT2D eigenvalue weighted by Crippen LogP contribution is 2.43. The van der Waals surface area contributed by atoms with E-state index in [4.69, 9.17) is 4.74 Å². The van der Waals surface area contributed by atoms with Crippen LogP contribution < -0.4 is 5.11 Å². The van der Waals surface area contributed by atoms with Gasteiger partial charge >= 0.3 is 0 Å². The zero-order valence-corrected chi connectivity index (χ0v) is 21.9. The minimum atomic E-state index is -0.619. The molecular formula is C29H51O3-. The molecule has 7 unspecified atom stereocenters. The zero-order chi connectivity index (χ0) is 23.9. The molecule has 0 amide bonds. The zero-order valence-electron chi connectivity index (χ0n) is 21.9. The van der Waals surface area contributed by atoms with Crippen LogP contribution in [0.5, 0.6) is 0 Å². The summed E-state index contributed by atoms with van der Waals surface area (Å²) in [6.07, 6.45) is 15.6. The highest BCUT2D eigenvalue weighted by Gasteiger charge is 2.40. The maximum Gasteiger partial charge on any atom is 0.0820 e. The normalized spacial score (nSPS) is 31.8. The molecular weight excluding hydrogens is 396 g/mol. The summed E-state index contributed by atoms with van der Waals surface area (Å²) in [5.74, 6) is 2.05. The van der Waals surface area contributed by atoms with E-state index in [-0.39, 0.29) is 17.3 Å². The second kappa shape index (κ2) is 12.1. The highest BCUT2D eigenvalue weighted by molar-refractivity contribution is 5.18. The maximum absolute atomic E-state index is 11.3. The molecule has 1 aliphatic carbocycles. The molecule has 1 heterocycles. The average Bonchev–Trinajstić information content (AvgIpc) is 2.70. The van der Waals surface area contributed by atoms with E-state index in [9.17, 15) is 10.2 Å². The summed E-state index contributed by atoms with van der Waals surface area (Å²) >= 11 is 0. The van der Waals surface area contributed by atoms with Gasteiger partial charge < -0.3 is 14.9 Å². The molecule has 32 heavy (non-hydrogen) atoms. The lowest BCUT2D eigenvalue weighted by Crippen LogP contribution is -2.45. The van der Waals surface area contributed by atoms with Crippen molar-refractivity contribution in [2.24, 2.45) is 23.7 Å². The lowest BCUT2D eigenvalue weighted by atomic mass is 9.74. The van der Waals surface area contributed by atoms with E-state index in [2.05, 4.69) is 40.3 Å². The molecule has 0 aromatic rings. The molecule has 0 spiro atoms. The second-order valence-corrected chi connectivity index (χ2v) is 12.0. The quantitative estimate of drug-likeness (QED) is 0.246. The van der Waals surface area contributed by atoms with Crippen LogP contribution in [0.1, 0.15) is 119 Å². The molecule has 186 valence electrons. The van der Waals surface area contributed by atoms with Gasteiger partial charge in [0.05, 0.1) is 17.3 Å². The van der Waals surface area contributed by atoms with Crippen molar-refractivity contribution in [3.63, 3.8) is 0 Å². The van der Waals surface area contributed by atoms with Crippen molar-refractivity contribution in [3.8, 4) is 0 Å². The third-order valence-electron chi connectivity index (χ3n) is 8.56. The van der Waals surface area contributed by atoms with Gasteiger partial charge in [0.25, 0.3) is 0 Å².